The summed E-state index contributed by atoms with van der Waals surface area (Å²) in [6.45, 7) is 2.18. The summed E-state index contributed by atoms with van der Waals surface area (Å²) in [6.07, 6.45) is 1.49. The lowest BCUT2D eigenvalue weighted by Crippen LogP contribution is -2.29. The molecule has 1 atom stereocenters. The van der Waals surface area contributed by atoms with Crippen molar-refractivity contribution >= 4 is 29.2 Å². The van der Waals surface area contributed by atoms with Gasteiger partial charge in [-0.25, -0.2) is 4.79 Å². The number of hydrogen-bond acceptors (Lipinski definition) is 3. The highest BCUT2D eigenvalue weighted by Crippen LogP contribution is 2.25. The molecule has 0 radical (unpaired) electrons. The molecule has 1 amide bonds. The van der Waals surface area contributed by atoms with Crippen LogP contribution in [0.25, 0.3) is 0 Å². The molecule has 6 heteroatoms. The van der Waals surface area contributed by atoms with Gasteiger partial charge in [-0.15, -0.1) is 0 Å². The van der Waals surface area contributed by atoms with E-state index in [0.717, 1.165) is 6.42 Å². The molecule has 0 saturated carbocycles. The van der Waals surface area contributed by atoms with Crippen molar-refractivity contribution in [1.82, 2.24) is 0 Å². The molecule has 0 aromatic heterocycles. The van der Waals surface area contributed by atoms with Crippen LogP contribution in [0.4, 0.5) is 5.69 Å². The van der Waals surface area contributed by atoms with Gasteiger partial charge in [-0.3, -0.25) is 4.79 Å². The molecule has 4 N–H and O–H groups in total. The average molecular weight is 285 g/mol. The monoisotopic (exact) mass is 284 g/mol. The normalized spacial score (nSPS) is 11.9. The van der Waals surface area contributed by atoms with Gasteiger partial charge in [0.2, 0.25) is 5.91 Å². The standard InChI is InChI=1S/C13H17ClN2O3/c1-2-4-8(7-15)12(17)16-10-6-3-5-9(14)11(10)13(18)19/h3,5-6,8H,2,4,7,15H2,1H3,(H,16,17)(H,18,19). The fraction of sp³-hybridized carbons (Fsp3) is 0.385. The van der Waals surface area contributed by atoms with Crippen LogP contribution >= 0.6 is 11.6 Å². The first-order valence-electron chi connectivity index (χ1n) is 6.04. The number of hydrogen-bond donors (Lipinski definition) is 3. The molecule has 19 heavy (non-hydrogen) atoms. The molecule has 104 valence electrons. The van der Waals surface area contributed by atoms with Gasteiger partial charge in [-0.05, 0) is 18.6 Å². The Morgan fingerprint density at radius 2 is 2.16 bits per heavy atom. The van der Waals surface area contributed by atoms with E-state index < -0.39 is 5.97 Å². The fourth-order valence-corrected chi connectivity index (χ4v) is 2.04. The second-order valence-electron chi connectivity index (χ2n) is 4.18. The summed E-state index contributed by atoms with van der Waals surface area (Å²) in [5, 5.41) is 11.8. The van der Waals surface area contributed by atoms with Crippen LogP contribution in [-0.4, -0.2) is 23.5 Å². The van der Waals surface area contributed by atoms with Crippen LogP contribution < -0.4 is 11.1 Å². The van der Waals surface area contributed by atoms with Gasteiger partial charge < -0.3 is 16.2 Å². The van der Waals surface area contributed by atoms with E-state index in [0.29, 0.717) is 6.42 Å². The first-order valence-corrected chi connectivity index (χ1v) is 6.41. The lowest BCUT2D eigenvalue weighted by Gasteiger charge is -2.15. The number of rotatable bonds is 6. The first-order chi connectivity index (χ1) is 9.01. The Kier molecular flexibility index (Phi) is 5.79. The quantitative estimate of drug-likeness (QED) is 0.747. The minimum Gasteiger partial charge on any atom is -0.478 e. The highest BCUT2D eigenvalue weighted by atomic mass is 35.5. The number of carboxylic acid groups (broad SMARTS) is 1. The van der Waals surface area contributed by atoms with Crippen LogP contribution in [-0.2, 0) is 4.79 Å². The second-order valence-corrected chi connectivity index (χ2v) is 4.59. The summed E-state index contributed by atoms with van der Waals surface area (Å²) in [5.41, 5.74) is 5.63. The smallest absolute Gasteiger partial charge is 0.339 e. The molecule has 0 aliphatic carbocycles. The van der Waals surface area contributed by atoms with E-state index in [4.69, 9.17) is 22.4 Å². The summed E-state index contributed by atoms with van der Waals surface area (Å²) < 4.78 is 0. The van der Waals surface area contributed by atoms with Gasteiger partial charge in [0, 0.05) is 6.54 Å². The predicted molar refractivity (Wildman–Crippen MR) is 74.5 cm³/mol. The Balaban J connectivity index is 2.96. The molecule has 1 aromatic carbocycles. The zero-order chi connectivity index (χ0) is 14.4. The minimum atomic E-state index is -1.18. The van der Waals surface area contributed by atoms with E-state index in [-0.39, 0.29) is 34.6 Å². The number of amides is 1. The zero-order valence-corrected chi connectivity index (χ0v) is 11.4. The minimum absolute atomic E-state index is 0.0880. The first kappa shape index (κ1) is 15.5. The molecule has 0 bridgehead atoms. The zero-order valence-electron chi connectivity index (χ0n) is 10.6. The van der Waals surface area contributed by atoms with Crippen molar-refractivity contribution < 1.29 is 14.7 Å². The van der Waals surface area contributed by atoms with Crippen LogP contribution in [0.5, 0.6) is 0 Å². The average Bonchev–Trinajstić information content (AvgIpc) is 2.35. The molecule has 1 rings (SSSR count). The largest absolute Gasteiger partial charge is 0.478 e. The summed E-state index contributed by atoms with van der Waals surface area (Å²) >= 11 is 5.83. The van der Waals surface area contributed by atoms with Crippen molar-refractivity contribution in [3.63, 3.8) is 0 Å². The lowest BCUT2D eigenvalue weighted by atomic mass is 10.0. The van der Waals surface area contributed by atoms with Gasteiger partial charge in [0.1, 0.15) is 5.56 Å². The van der Waals surface area contributed by atoms with Gasteiger partial charge in [0.05, 0.1) is 16.6 Å². The van der Waals surface area contributed by atoms with Crippen LogP contribution in [0.1, 0.15) is 30.1 Å². The van der Waals surface area contributed by atoms with Gasteiger partial charge >= 0.3 is 5.97 Å². The molecule has 1 unspecified atom stereocenters. The highest BCUT2D eigenvalue weighted by molar-refractivity contribution is 6.34. The maximum atomic E-state index is 12.0. The molecule has 0 fully saturated rings. The number of carboxylic acids is 1. The van der Waals surface area contributed by atoms with E-state index in [2.05, 4.69) is 5.32 Å². The van der Waals surface area contributed by atoms with Crippen molar-refractivity contribution in [1.29, 1.82) is 0 Å². The van der Waals surface area contributed by atoms with Crippen molar-refractivity contribution in [3.05, 3.63) is 28.8 Å². The van der Waals surface area contributed by atoms with Crippen LogP contribution in [0.2, 0.25) is 5.02 Å². The number of halogens is 1. The third kappa shape index (κ3) is 3.94. The highest BCUT2D eigenvalue weighted by Gasteiger charge is 2.20. The molecule has 0 spiro atoms. The number of aromatic carboxylic acids is 1. The summed E-state index contributed by atoms with van der Waals surface area (Å²) in [7, 11) is 0. The second kappa shape index (κ2) is 7.11. The van der Waals surface area contributed by atoms with Gasteiger partial charge in [0.25, 0.3) is 0 Å². The number of carbonyl (C=O) groups excluding carboxylic acids is 1. The number of benzene rings is 1. The molecular weight excluding hydrogens is 268 g/mol. The summed E-state index contributed by atoms with van der Waals surface area (Å²) in [5.74, 6) is -1.79. The number of nitrogens with one attached hydrogen (secondary N) is 1. The van der Waals surface area contributed by atoms with Gasteiger partial charge in [-0.2, -0.15) is 0 Å². The van der Waals surface area contributed by atoms with Gasteiger partial charge in [0.15, 0.2) is 0 Å². The van der Waals surface area contributed by atoms with E-state index in [1.165, 1.54) is 12.1 Å². The lowest BCUT2D eigenvalue weighted by molar-refractivity contribution is -0.119. The van der Waals surface area contributed by atoms with Crippen molar-refractivity contribution in [3.8, 4) is 0 Å². The molecule has 0 heterocycles. The predicted octanol–water partition coefficient (Wildman–Crippen LogP) is 2.35. The Hall–Kier alpha value is -1.59. The van der Waals surface area contributed by atoms with Gasteiger partial charge in [-0.1, -0.05) is 31.0 Å². The number of anilines is 1. The Morgan fingerprint density at radius 1 is 1.47 bits per heavy atom. The molecule has 0 aliphatic heterocycles. The molecule has 0 saturated heterocycles. The molecule has 5 nitrogen and oxygen atoms in total. The van der Waals surface area contributed by atoms with Crippen molar-refractivity contribution in [2.75, 3.05) is 11.9 Å². The van der Waals surface area contributed by atoms with Crippen LogP contribution in [0, 0.1) is 5.92 Å². The summed E-state index contributed by atoms with van der Waals surface area (Å²) in [4.78, 5) is 23.1. The molecular formula is C13H17ClN2O3. The molecule has 0 aliphatic rings. The third-order valence-electron chi connectivity index (χ3n) is 2.78. The number of nitrogens with two attached hydrogens (primary N) is 1. The summed E-state index contributed by atoms with van der Waals surface area (Å²) in [6, 6.07) is 4.56. The Labute approximate surface area is 116 Å². The van der Waals surface area contributed by atoms with E-state index in [1.807, 2.05) is 6.92 Å². The SMILES string of the molecule is CCCC(CN)C(=O)Nc1cccc(Cl)c1C(=O)O. The van der Waals surface area contributed by atoms with Crippen LogP contribution in [0.3, 0.4) is 0 Å². The third-order valence-corrected chi connectivity index (χ3v) is 3.09. The Bertz CT molecular complexity index is 477. The van der Waals surface area contributed by atoms with E-state index in [1.54, 1.807) is 6.07 Å². The van der Waals surface area contributed by atoms with E-state index in [9.17, 15) is 9.59 Å². The number of carbonyl (C=O) groups is 2. The topological polar surface area (TPSA) is 92.4 Å². The Morgan fingerprint density at radius 3 is 2.68 bits per heavy atom. The van der Waals surface area contributed by atoms with Crippen molar-refractivity contribution in [2.45, 2.75) is 19.8 Å². The van der Waals surface area contributed by atoms with Crippen molar-refractivity contribution in [2.24, 2.45) is 11.7 Å². The molecule has 1 aromatic rings. The maximum Gasteiger partial charge on any atom is 0.339 e. The fourth-order valence-electron chi connectivity index (χ4n) is 1.78. The van der Waals surface area contributed by atoms with E-state index >= 15 is 0 Å². The van der Waals surface area contributed by atoms with Crippen LogP contribution in [0.15, 0.2) is 18.2 Å². The maximum absolute atomic E-state index is 12.0.